The van der Waals surface area contributed by atoms with Gasteiger partial charge in [0.25, 0.3) is 0 Å². The molecule has 6 nitrogen and oxygen atoms in total. The standard InChI is InChI=1S/C13H15NO5/c1-8(2)19-13(18)14-11(12(16)17)7-9-3-5-10(15)6-4-9/h3-6,11,15H,1,7H2,2H3,(H,14,18)(H,16,17)/t11-/m1/s1. The fourth-order valence-corrected chi connectivity index (χ4v) is 1.40. The third kappa shape index (κ3) is 5.12. The van der Waals surface area contributed by atoms with E-state index < -0.39 is 18.1 Å². The van der Waals surface area contributed by atoms with Gasteiger partial charge in [-0.1, -0.05) is 18.7 Å². The number of carbonyl (C=O) groups is 2. The lowest BCUT2D eigenvalue weighted by Crippen LogP contribution is -2.42. The number of hydrogen-bond acceptors (Lipinski definition) is 4. The zero-order valence-corrected chi connectivity index (χ0v) is 10.4. The topological polar surface area (TPSA) is 95.9 Å². The van der Waals surface area contributed by atoms with E-state index in [1.165, 1.54) is 19.1 Å². The number of phenols is 1. The van der Waals surface area contributed by atoms with Gasteiger partial charge in [-0.05, 0) is 24.6 Å². The van der Waals surface area contributed by atoms with Crippen molar-refractivity contribution in [2.75, 3.05) is 0 Å². The van der Waals surface area contributed by atoms with Crippen LogP contribution in [0.2, 0.25) is 0 Å². The molecule has 0 fully saturated rings. The molecule has 0 aliphatic rings. The Morgan fingerprint density at radius 1 is 1.37 bits per heavy atom. The van der Waals surface area contributed by atoms with E-state index in [1.807, 2.05) is 0 Å². The van der Waals surface area contributed by atoms with Crippen molar-refractivity contribution in [2.24, 2.45) is 0 Å². The summed E-state index contributed by atoms with van der Waals surface area (Å²) < 4.78 is 4.64. The number of phenolic OH excluding ortho intramolecular Hbond substituents is 1. The number of alkyl carbamates (subject to hydrolysis) is 1. The molecule has 1 amide bonds. The van der Waals surface area contributed by atoms with E-state index in [2.05, 4.69) is 16.6 Å². The van der Waals surface area contributed by atoms with Crippen LogP contribution in [0, 0.1) is 0 Å². The Kier molecular flexibility index (Phi) is 4.93. The summed E-state index contributed by atoms with van der Waals surface area (Å²) in [6.45, 7) is 4.86. The van der Waals surface area contributed by atoms with Crippen molar-refractivity contribution in [3.63, 3.8) is 0 Å². The molecule has 1 aromatic carbocycles. The fourth-order valence-electron chi connectivity index (χ4n) is 1.40. The monoisotopic (exact) mass is 265 g/mol. The van der Waals surface area contributed by atoms with Crippen LogP contribution >= 0.6 is 0 Å². The third-order valence-electron chi connectivity index (χ3n) is 2.23. The van der Waals surface area contributed by atoms with E-state index >= 15 is 0 Å². The van der Waals surface area contributed by atoms with Gasteiger partial charge in [-0.25, -0.2) is 9.59 Å². The van der Waals surface area contributed by atoms with E-state index in [1.54, 1.807) is 12.1 Å². The predicted molar refractivity (Wildman–Crippen MR) is 67.7 cm³/mol. The summed E-state index contributed by atoms with van der Waals surface area (Å²) in [5.41, 5.74) is 0.667. The highest BCUT2D eigenvalue weighted by molar-refractivity contribution is 5.80. The number of aliphatic carboxylic acids is 1. The zero-order valence-electron chi connectivity index (χ0n) is 10.4. The van der Waals surface area contributed by atoms with Crippen LogP contribution in [0.3, 0.4) is 0 Å². The summed E-state index contributed by atoms with van der Waals surface area (Å²) in [5.74, 6) is -0.914. The van der Waals surface area contributed by atoms with Gasteiger partial charge < -0.3 is 20.3 Å². The van der Waals surface area contributed by atoms with Gasteiger partial charge in [0.2, 0.25) is 0 Å². The lowest BCUT2D eigenvalue weighted by atomic mass is 10.1. The Morgan fingerprint density at radius 3 is 2.42 bits per heavy atom. The van der Waals surface area contributed by atoms with E-state index in [9.17, 15) is 9.59 Å². The van der Waals surface area contributed by atoms with E-state index in [-0.39, 0.29) is 17.9 Å². The molecule has 0 unspecified atom stereocenters. The van der Waals surface area contributed by atoms with Crippen LogP contribution in [-0.2, 0) is 16.0 Å². The van der Waals surface area contributed by atoms with Crippen LogP contribution < -0.4 is 5.32 Å². The largest absolute Gasteiger partial charge is 0.508 e. The van der Waals surface area contributed by atoms with Gasteiger partial charge >= 0.3 is 12.1 Å². The number of ether oxygens (including phenoxy) is 1. The van der Waals surface area contributed by atoms with Gasteiger partial charge in [0, 0.05) is 6.42 Å². The Balaban J connectivity index is 2.68. The number of aromatic hydroxyl groups is 1. The Morgan fingerprint density at radius 2 is 1.95 bits per heavy atom. The quantitative estimate of drug-likeness (QED) is 0.703. The molecule has 0 spiro atoms. The first-order valence-corrected chi connectivity index (χ1v) is 5.53. The average Bonchev–Trinajstić information content (AvgIpc) is 2.29. The molecule has 3 N–H and O–H groups in total. The molecule has 0 aliphatic carbocycles. The number of benzene rings is 1. The molecule has 1 rings (SSSR count). The smallest absolute Gasteiger partial charge is 0.412 e. The van der Waals surface area contributed by atoms with Crippen LogP contribution in [0.4, 0.5) is 4.79 Å². The molecule has 0 saturated carbocycles. The van der Waals surface area contributed by atoms with Gasteiger partial charge in [0.15, 0.2) is 0 Å². The predicted octanol–water partition coefficient (Wildman–Crippen LogP) is 1.65. The first-order valence-electron chi connectivity index (χ1n) is 5.53. The highest BCUT2D eigenvalue weighted by Gasteiger charge is 2.21. The lowest BCUT2D eigenvalue weighted by Gasteiger charge is -2.14. The molecule has 0 saturated heterocycles. The number of amides is 1. The average molecular weight is 265 g/mol. The van der Waals surface area contributed by atoms with Crippen molar-refractivity contribution in [1.82, 2.24) is 5.32 Å². The third-order valence-corrected chi connectivity index (χ3v) is 2.23. The molecule has 0 heterocycles. The minimum Gasteiger partial charge on any atom is -0.508 e. The van der Waals surface area contributed by atoms with E-state index in [4.69, 9.17) is 10.2 Å². The second kappa shape index (κ2) is 6.44. The number of carboxylic acids is 1. The summed E-state index contributed by atoms with van der Waals surface area (Å²) in [7, 11) is 0. The summed E-state index contributed by atoms with van der Waals surface area (Å²) in [6.07, 6.45) is -0.778. The second-order valence-corrected chi connectivity index (χ2v) is 4.00. The Bertz CT molecular complexity index is 480. The molecule has 0 radical (unpaired) electrons. The highest BCUT2D eigenvalue weighted by atomic mass is 16.6. The Labute approximate surface area is 110 Å². The van der Waals surface area contributed by atoms with Crippen molar-refractivity contribution in [3.05, 3.63) is 42.2 Å². The van der Waals surface area contributed by atoms with Gasteiger partial charge in [-0.2, -0.15) is 0 Å². The molecular formula is C13H15NO5. The summed E-state index contributed by atoms with van der Waals surface area (Å²) in [4.78, 5) is 22.4. The van der Waals surface area contributed by atoms with Crippen molar-refractivity contribution >= 4 is 12.1 Å². The van der Waals surface area contributed by atoms with Crippen LogP contribution in [0.5, 0.6) is 5.75 Å². The molecule has 0 aliphatic heterocycles. The van der Waals surface area contributed by atoms with Crippen LogP contribution in [0.25, 0.3) is 0 Å². The normalized spacial score (nSPS) is 11.4. The van der Waals surface area contributed by atoms with E-state index in [0.29, 0.717) is 5.56 Å². The first kappa shape index (κ1) is 14.6. The number of allylic oxidation sites excluding steroid dienone is 1. The molecular weight excluding hydrogens is 250 g/mol. The van der Waals surface area contributed by atoms with Crippen molar-refractivity contribution in [1.29, 1.82) is 0 Å². The van der Waals surface area contributed by atoms with E-state index in [0.717, 1.165) is 0 Å². The van der Waals surface area contributed by atoms with Crippen molar-refractivity contribution in [3.8, 4) is 5.75 Å². The summed E-state index contributed by atoms with van der Waals surface area (Å²) in [6, 6.07) is 4.94. The van der Waals surface area contributed by atoms with Gasteiger partial charge in [-0.15, -0.1) is 0 Å². The molecule has 0 bridgehead atoms. The molecule has 1 aromatic rings. The minimum absolute atomic E-state index is 0.0842. The maximum atomic E-state index is 11.3. The van der Waals surface area contributed by atoms with Gasteiger partial charge in [-0.3, -0.25) is 0 Å². The molecule has 1 atom stereocenters. The molecule has 102 valence electrons. The fraction of sp³-hybridized carbons (Fsp3) is 0.231. The number of rotatable bonds is 5. The SMILES string of the molecule is C=C(C)OC(=O)N[C@H](Cc1ccc(O)cc1)C(=O)O. The maximum absolute atomic E-state index is 11.3. The molecule has 6 heteroatoms. The maximum Gasteiger partial charge on any atom is 0.412 e. The second-order valence-electron chi connectivity index (χ2n) is 4.00. The number of hydrogen-bond donors (Lipinski definition) is 3. The molecule has 19 heavy (non-hydrogen) atoms. The number of carboxylic acid groups (broad SMARTS) is 1. The Hall–Kier alpha value is -2.50. The lowest BCUT2D eigenvalue weighted by molar-refractivity contribution is -0.139. The van der Waals surface area contributed by atoms with Crippen molar-refractivity contribution < 1.29 is 24.5 Å². The summed E-state index contributed by atoms with van der Waals surface area (Å²) in [5, 5.41) is 20.4. The van der Waals surface area contributed by atoms with Gasteiger partial charge in [0.05, 0.1) is 5.76 Å². The first-order chi connectivity index (χ1) is 8.88. The number of nitrogens with one attached hydrogen (secondary N) is 1. The summed E-state index contributed by atoms with van der Waals surface area (Å²) >= 11 is 0. The van der Waals surface area contributed by atoms with Crippen molar-refractivity contribution in [2.45, 2.75) is 19.4 Å². The van der Waals surface area contributed by atoms with Crippen LogP contribution in [0.1, 0.15) is 12.5 Å². The minimum atomic E-state index is -1.17. The van der Waals surface area contributed by atoms with Crippen LogP contribution in [-0.4, -0.2) is 28.3 Å². The van der Waals surface area contributed by atoms with Gasteiger partial charge in [0.1, 0.15) is 11.8 Å². The van der Waals surface area contributed by atoms with Crippen LogP contribution in [0.15, 0.2) is 36.6 Å². The number of carbonyl (C=O) groups excluding carboxylic acids is 1. The zero-order chi connectivity index (χ0) is 14.4. The highest BCUT2D eigenvalue weighted by Crippen LogP contribution is 2.11. The molecule has 0 aromatic heterocycles.